The first kappa shape index (κ1) is 15.0. The van der Waals surface area contributed by atoms with Crippen LogP contribution in [0.1, 0.15) is 11.1 Å². The van der Waals surface area contributed by atoms with Crippen molar-refractivity contribution in [3.63, 3.8) is 0 Å². The third-order valence-corrected chi connectivity index (χ3v) is 3.42. The van der Waals surface area contributed by atoms with Crippen LogP contribution in [0.3, 0.4) is 0 Å². The third-order valence-electron chi connectivity index (χ3n) is 3.42. The normalized spacial score (nSPS) is 10.5. The molecule has 1 amide bonds. The van der Waals surface area contributed by atoms with Gasteiger partial charge in [0.2, 0.25) is 5.91 Å². The molecule has 0 spiro atoms. The summed E-state index contributed by atoms with van der Waals surface area (Å²) in [6.07, 6.45) is 3.74. The second-order valence-corrected chi connectivity index (χ2v) is 5.20. The number of amides is 1. The van der Waals surface area contributed by atoms with Crippen LogP contribution in [0.4, 0.5) is 4.39 Å². The van der Waals surface area contributed by atoms with E-state index >= 15 is 0 Å². The van der Waals surface area contributed by atoms with Crippen LogP contribution in [0.5, 0.6) is 0 Å². The molecule has 0 atom stereocenters. The number of carbonyl (C=O) groups excluding carboxylic acids is 1. The Morgan fingerprint density at radius 2 is 1.91 bits per heavy atom. The molecule has 1 aromatic heterocycles. The molecule has 5 heteroatoms. The van der Waals surface area contributed by atoms with Gasteiger partial charge in [0.15, 0.2) is 0 Å². The van der Waals surface area contributed by atoms with Crippen LogP contribution in [0.2, 0.25) is 0 Å². The molecule has 1 heterocycles. The molecule has 0 saturated heterocycles. The number of aromatic nitrogens is 2. The zero-order valence-electron chi connectivity index (χ0n) is 12.4. The Morgan fingerprint density at radius 3 is 2.70 bits per heavy atom. The van der Waals surface area contributed by atoms with Crippen molar-refractivity contribution in [1.82, 2.24) is 15.1 Å². The molecule has 3 aromatic rings. The van der Waals surface area contributed by atoms with Gasteiger partial charge in [0.25, 0.3) is 0 Å². The van der Waals surface area contributed by atoms with Crippen molar-refractivity contribution in [3.05, 3.63) is 83.9 Å². The standard InChI is InChI=1S/C18H16FN3O/c19-16-6-1-4-14(10-16)12-18(23)20-13-15-5-2-7-17(11-15)22-9-3-8-21-22/h1-11H,12-13H2,(H,20,23). The van der Waals surface area contributed by atoms with Gasteiger partial charge < -0.3 is 5.32 Å². The first-order chi connectivity index (χ1) is 11.2. The van der Waals surface area contributed by atoms with E-state index in [4.69, 9.17) is 0 Å². The maximum absolute atomic E-state index is 13.1. The van der Waals surface area contributed by atoms with Crippen molar-refractivity contribution in [2.24, 2.45) is 0 Å². The van der Waals surface area contributed by atoms with Crippen LogP contribution in [0.25, 0.3) is 5.69 Å². The highest BCUT2D eigenvalue weighted by molar-refractivity contribution is 5.78. The van der Waals surface area contributed by atoms with Crippen molar-refractivity contribution in [2.45, 2.75) is 13.0 Å². The van der Waals surface area contributed by atoms with Gasteiger partial charge >= 0.3 is 0 Å². The fourth-order valence-electron chi connectivity index (χ4n) is 2.33. The lowest BCUT2D eigenvalue weighted by Gasteiger charge is -2.08. The topological polar surface area (TPSA) is 46.9 Å². The minimum Gasteiger partial charge on any atom is -0.352 e. The van der Waals surface area contributed by atoms with E-state index in [1.54, 1.807) is 23.0 Å². The van der Waals surface area contributed by atoms with E-state index in [1.807, 2.05) is 36.5 Å². The van der Waals surface area contributed by atoms with Gasteiger partial charge in [-0.05, 0) is 41.5 Å². The number of benzene rings is 2. The summed E-state index contributed by atoms with van der Waals surface area (Å²) >= 11 is 0. The summed E-state index contributed by atoms with van der Waals surface area (Å²) in [6.45, 7) is 0.420. The van der Waals surface area contributed by atoms with Crippen LogP contribution in [0, 0.1) is 5.82 Å². The van der Waals surface area contributed by atoms with E-state index < -0.39 is 0 Å². The average Bonchev–Trinajstić information content (AvgIpc) is 3.08. The van der Waals surface area contributed by atoms with Crippen LogP contribution in [-0.2, 0) is 17.8 Å². The average molecular weight is 309 g/mol. The molecule has 0 fully saturated rings. The number of nitrogens with one attached hydrogen (secondary N) is 1. The summed E-state index contributed by atoms with van der Waals surface area (Å²) < 4.78 is 14.9. The summed E-state index contributed by atoms with van der Waals surface area (Å²) in [5.41, 5.74) is 2.57. The van der Waals surface area contributed by atoms with Crippen molar-refractivity contribution in [2.75, 3.05) is 0 Å². The Labute approximate surface area is 133 Å². The molecule has 0 aliphatic heterocycles. The molecule has 116 valence electrons. The minimum atomic E-state index is -0.331. The van der Waals surface area contributed by atoms with Crippen molar-refractivity contribution in [1.29, 1.82) is 0 Å². The Balaban J connectivity index is 1.60. The van der Waals surface area contributed by atoms with Crippen LogP contribution in [0.15, 0.2) is 67.0 Å². The maximum atomic E-state index is 13.1. The Morgan fingerprint density at radius 1 is 1.09 bits per heavy atom. The molecule has 0 radical (unpaired) electrons. The largest absolute Gasteiger partial charge is 0.352 e. The van der Waals surface area contributed by atoms with Crippen molar-refractivity contribution >= 4 is 5.91 Å². The number of halogens is 1. The van der Waals surface area contributed by atoms with Gasteiger partial charge in [-0.25, -0.2) is 9.07 Å². The summed E-state index contributed by atoms with van der Waals surface area (Å²) in [5, 5.41) is 7.03. The van der Waals surface area contributed by atoms with E-state index in [0.717, 1.165) is 11.3 Å². The maximum Gasteiger partial charge on any atom is 0.224 e. The van der Waals surface area contributed by atoms with E-state index in [1.165, 1.54) is 12.1 Å². The van der Waals surface area contributed by atoms with E-state index in [2.05, 4.69) is 10.4 Å². The fourth-order valence-corrected chi connectivity index (χ4v) is 2.33. The molecular weight excluding hydrogens is 293 g/mol. The predicted molar refractivity (Wildman–Crippen MR) is 85.5 cm³/mol. The molecular formula is C18H16FN3O. The SMILES string of the molecule is O=C(Cc1cccc(F)c1)NCc1cccc(-n2cccn2)c1. The monoisotopic (exact) mass is 309 g/mol. The summed E-state index contributed by atoms with van der Waals surface area (Å²) in [5.74, 6) is -0.470. The highest BCUT2D eigenvalue weighted by Gasteiger charge is 2.05. The van der Waals surface area contributed by atoms with E-state index in [9.17, 15) is 9.18 Å². The zero-order chi connectivity index (χ0) is 16.1. The molecule has 0 aliphatic rings. The smallest absolute Gasteiger partial charge is 0.224 e. The van der Waals surface area contributed by atoms with Gasteiger partial charge in [0, 0.05) is 18.9 Å². The molecule has 3 rings (SSSR count). The number of carbonyl (C=O) groups is 1. The highest BCUT2D eigenvalue weighted by Crippen LogP contribution is 2.10. The molecule has 0 bridgehead atoms. The number of hydrogen-bond acceptors (Lipinski definition) is 2. The fraction of sp³-hybridized carbons (Fsp3) is 0.111. The van der Waals surface area contributed by atoms with Gasteiger partial charge in [0.1, 0.15) is 5.82 Å². The summed E-state index contributed by atoms with van der Waals surface area (Å²) in [4.78, 5) is 12.0. The lowest BCUT2D eigenvalue weighted by Crippen LogP contribution is -2.24. The third kappa shape index (κ3) is 4.03. The molecule has 0 aliphatic carbocycles. The van der Waals surface area contributed by atoms with E-state index in [-0.39, 0.29) is 18.1 Å². The van der Waals surface area contributed by atoms with Crippen LogP contribution in [-0.4, -0.2) is 15.7 Å². The molecule has 0 unspecified atom stereocenters. The van der Waals surface area contributed by atoms with Gasteiger partial charge in [-0.3, -0.25) is 4.79 Å². The molecule has 4 nitrogen and oxygen atoms in total. The number of nitrogens with zero attached hydrogens (tertiary/aromatic N) is 2. The summed E-state index contributed by atoms with van der Waals surface area (Å²) in [6, 6.07) is 15.7. The van der Waals surface area contributed by atoms with Gasteiger partial charge in [-0.1, -0.05) is 24.3 Å². The lowest BCUT2D eigenvalue weighted by atomic mass is 10.1. The van der Waals surface area contributed by atoms with Gasteiger partial charge in [-0.2, -0.15) is 5.10 Å². The minimum absolute atomic E-state index is 0.139. The molecule has 0 saturated carbocycles. The van der Waals surface area contributed by atoms with Crippen LogP contribution >= 0.6 is 0 Å². The Hall–Kier alpha value is -2.95. The molecule has 1 N–H and O–H groups in total. The summed E-state index contributed by atoms with van der Waals surface area (Å²) in [7, 11) is 0. The zero-order valence-corrected chi connectivity index (χ0v) is 12.4. The second kappa shape index (κ2) is 6.87. The Bertz CT molecular complexity index is 800. The Kier molecular flexibility index (Phi) is 4.47. The van der Waals surface area contributed by atoms with Crippen molar-refractivity contribution in [3.8, 4) is 5.69 Å². The van der Waals surface area contributed by atoms with Crippen molar-refractivity contribution < 1.29 is 9.18 Å². The van der Waals surface area contributed by atoms with Gasteiger partial charge in [-0.15, -0.1) is 0 Å². The first-order valence-electron chi connectivity index (χ1n) is 7.31. The highest BCUT2D eigenvalue weighted by atomic mass is 19.1. The quantitative estimate of drug-likeness (QED) is 0.788. The molecule has 23 heavy (non-hydrogen) atoms. The molecule has 2 aromatic carbocycles. The van der Waals surface area contributed by atoms with Crippen LogP contribution < -0.4 is 5.32 Å². The predicted octanol–water partition coefficient (Wildman–Crippen LogP) is 2.87. The second-order valence-electron chi connectivity index (χ2n) is 5.20. The first-order valence-corrected chi connectivity index (χ1v) is 7.31. The number of hydrogen-bond donors (Lipinski definition) is 1. The van der Waals surface area contributed by atoms with Gasteiger partial charge in [0.05, 0.1) is 12.1 Å². The van der Waals surface area contributed by atoms with E-state index in [0.29, 0.717) is 12.1 Å². The lowest BCUT2D eigenvalue weighted by molar-refractivity contribution is -0.120. The number of rotatable bonds is 5.